The smallest absolute Gasteiger partial charge is 0.261 e. The number of rotatable bonds is 4. The molecule has 1 amide bonds. The van der Waals surface area contributed by atoms with Crippen molar-refractivity contribution in [2.75, 3.05) is 4.90 Å². The topological polar surface area (TPSA) is 46.1 Å². The van der Waals surface area contributed by atoms with E-state index in [2.05, 4.69) is 24.9 Å². The molecule has 2 aromatic carbocycles. The fourth-order valence-corrected chi connectivity index (χ4v) is 4.50. The molecule has 4 rings (SSSR count). The lowest BCUT2D eigenvalue weighted by molar-refractivity contribution is 0.0985. The first-order valence-corrected chi connectivity index (χ1v) is 10.5. The molecule has 0 N–H and O–H groups in total. The molecule has 2 aromatic heterocycles. The zero-order valence-corrected chi connectivity index (χ0v) is 18.1. The monoisotopic (exact) mass is 441 g/mol. The SMILES string of the molecule is Cc1cc2nc(N(Cc3ccccn3)C(=O)c3ccc(Cl)cc3Cl)sc2cc1C. The van der Waals surface area contributed by atoms with Gasteiger partial charge in [0.25, 0.3) is 5.91 Å². The van der Waals surface area contributed by atoms with E-state index in [9.17, 15) is 4.79 Å². The number of thiazole rings is 1. The van der Waals surface area contributed by atoms with E-state index in [1.54, 1.807) is 29.3 Å². The fraction of sp³-hybridized carbons (Fsp3) is 0.136. The van der Waals surface area contributed by atoms with Crippen LogP contribution in [0.25, 0.3) is 10.2 Å². The van der Waals surface area contributed by atoms with Gasteiger partial charge in [-0.15, -0.1) is 0 Å². The number of nitrogens with zero attached hydrogens (tertiary/aromatic N) is 3. The predicted octanol–water partition coefficient (Wildman–Crippen LogP) is 6.46. The van der Waals surface area contributed by atoms with Gasteiger partial charge in [0, 0.05) is 11.2 Å². The number of fused-ring (bicyclic) bond motifs is 1. The third-order valence-corrected chi connectivity index (χ3v) is 6.27. The van der Waals surface area contributed by atoms with Crippen molar-refractivity contribution in [3.63, 3.8) is 0 Å². The summed E-state index contributed by atoms with van der Waals surface area (Å²) in [6.07, 6.45) is 1.71. The van der Waals surface area contributed by atoms with Crippen LogP contribution in [0.2, 0.25) is 10.0 Å². The van der Waals surface area contributed by atoms with Gasteiger partial charge in [-0.1, -0.05) is 40.6 Å². The van der Waals surface area contributed by atoms with Crippen LogP contribution < -0.4 is 4.90 Å². The highest BCUT2D eigenvalue weighted by Gasteiger charge is 2.24. The summed E-state index contributed by atoms with van der Waals surface area (Å²) in [4.78, 5) is 24.1. The van der Waals surface area contributed by atoms with Gasteiger partial charge < -0.3 is 0 Å². The molecule has 0 atom stereocenters. The average Bonchev–Trinajstić information content (AvgIpc) is 3.09. The van der Waals surface area contributed by atoms with Crippen LogP contribution in [0.5, 0.6) is 0 Å². The summed E-state index contributed by atoms with van der Waals surface area (Å²) in [6, 6.07) is 14.6. The highest BCUT2D eigenvalue weighted by molar-refractivity contribution is 7.22. The van der Waals surface area contributed by atoms with Crippen LogP contribution in [-0.2, 0) is 6.54 Å². The van der Waals surface area contributed by atoms with Gasteiger partial charge in [-0.2, -0.15) is 0 Å². The number of hydrogen-bond donors (Lipinski definition) is 0. The van der Waals surface area contributed by atoms with E-state index in [-0.39, 0.29) is 12.5 Å². The molecule has 0 aliphatic heterocycles. The normalized spacial score (nSPS) is 11.0. The zero-order valence-electron chi connectivity index (χ0n) is 15.8. The summed E-state index contributed by atoms with van der Waals surface area (Å²) in [7, 11) is 0. The van der Waals surface area contributed by atoms with E-state index in [1.165, 1.54) is 16.9 Å². The lowest BCUT2D eigenvalue weighted by Crippen LogP contribution is -2.31. The molecule has 4 nitrogen and oxygen atoms in total. The fourth-order valence-electron chi connectivity index (χ4n) is 2.97. The zero-order chi connectivity index (χ0) is 20.5. The molecule has 0 fully saturated rings. The largest absolute Gasteiger partial charge is 0.278 e. The maximum absolute atomic E-state index is 13.4. The van der Waals surface area contributed by atoms with E-state index in [0.29, 0.717) is 20.7 Å². The van der Waals surface area contributed by atoms with E-state index < -0.39 is 0 Å². The number of pyridine rings is 1. The maximum atomic E-state index is 13.4. The predicted molar refractivity (Wildman–Crippen MR) is 120 cm³/mol. The van der Waals surface area contributed by atoms with Crippen molar-refractivity contribution >= 4 is 55.8 Å². The van der Waals surface area contributed by atoms with E-state index >= 15 is 0 Å². The third kappa shape index (κ3) is 4.13. The van der Waals surface area contributed by atoms with Crippen LogP contribution in [0, 0.1) is 13.8 Å². The molecular formula is C22H17Cl2N3OS. The number of halogens is 2. The first kappa shape index (κ1) is 19.8. The first-order chi connectivity index (χ1) is 13.9. The lowest BCUT2D eigenvalue weighted by atomic mass is 10.1. The standard InChI is InChI=1S/C22H17Cl2N3OS/c1-13-9-19-20(10-14(13)2)29-22(26-19)27(12-16-5-3-4-8-25-16)21(28)17-7-6-15(23)11-18(17)24/h3-11H,12H2,1-2H3. The molecule has 29 heavy (non-hydrogen) atoms. The van der Waals surface area contributed by atoms with Gasteiger partial charge in [-0.25, -0.2) is 4.98 Å². The Morgan fingerprint density at radius 3 is 2.59 bits per heavy atom. The highest BCUT2D eigenvalue weighted by Crippen LogP contribution is 2.33. The number of carbonyl (C=O) groups excluding carboxylic acids is 1. The van der Waals surface area contributed by atoms with E-state index in [4.69, 9.17) is 28.2 Å². The Hall–Kier alpha value is -2.47. The number of amides is 1. The summed E-state index contributed by atoms with van der Waals surface area (Å²) < 4.78 is 1.03. The Kier molecular flexibility index (Phi) is 5.54. The highest BCUT2D eigenvalue weighted by atomic mass is 35.5. The molecule has 146 valence electrons. The summed E-state index contributed by atoms with van der Waals surface area (Å²) in [6.45, 7) is 4.41. The van der Waals surface area contributed by atoms with E-state index in [1.807, 2.05) is 24.3 Å². The number of anilines is 1. The molecule has 4 aromatic rings. The molecule has 0 unspecified atom stereocenters. The third-order valence-electron chi connectivity index (χ3n) is 4.68. The number of carbonyl (C=O) groups is 1. The molecule has 0 saturated heterocycles. The minimum Gasteiger partial charge on any atom is -0.278 e. The average molecular weight is 442 g/mol. The molecule has 0 radical (unpaired) electrons. The van der Waals surface area contributed by atoms with Crippen molar-refractivity contribution < 1.29 is 4.79 Å². The van der Waals surface area contributed by atoms with Gasteiger partial charge in [0.15, 0.2) is 5.13 Å². The second-order valence-corrected chi connectivity index (χ2v) is 8.59. The van der Waals surface area contributed by atoms with Crippen LogP contribution >= 0.6 is 34.5 Å². The lowest BCUT2D eigenvalue weighted by Gasteiger charge is -2.20. The molecule has 2 heterocycles. The Morgan fingerprint density at radius 1 is 1.07 bits per heavy atom. The second kappa shape index (κ2) is 8.11. The van der Waals surface area contributed by atoms with Crippen molar-refractivity contribution in [1.82, 2.24) is 9.97 Å². The van der Waals surface area contributed by atoms with Crippen LogP contribution in [0.4, 0.5) is 5.13 Å². The molecule has 0 spiro atoms. The molecule has 0 bridgehead atoms. The van der Waals surface area contributed by atoms with Gasteiger partial charge >= 0.3 is 0 Å². The Morgan fingerprint density at radius 2 is 1.86 bits per heavy atom. The molecule has 0 saturated carbocycles. The first-order valence-electron chi connectivity index (χ1n) is 8.97. The quantitative estimate of drug-likeness (QED) is 0.364. The Bertz CT molecular complexity index is 1170. The number of benzene rings is 2. The molecule has 0 aliphatic carbocycles. The Balaban J connectivity index is 1.80. The van der Waals surface area contributed by atoms with E-state index in [0.717, 1.165) is 21.5 Å². The van der Waals surface area contributed by atoms with Crippen LogP contribution in [-0.4, -0.2) is 15.9 Å². The van der Waals surface area contributed by atoms with Gasteiger partial charge in [-0.3, -0.25) is 14.7 Å². The van der Waals surface area contributed by atoms with Gasteiger partial charge in [0.1, 0.15) is 0 Å². The number of aryl methyl sites for hydroxylation is 2. The summed E-state index contributed by atoms with van der Waals surface area (Å²) >= 11 is 13.8. The summed E-state index contributed by atoms with van der Waals surface area (Å²) in [5.41, 5.74) is 4.36. The van der Waals surface area contributed by atoms with Gasteiger partial charge in [0.05, 0.1) is 33.0 Å². The van der Waals surface area contributed by atoms with Crippen molar-refractivity contribution in [3.05, 3.63) is 87.2 Å². The van der Waals surface area contributed by atoms with Crippen LogP contribution in [0.1, 0.15) is 27.2 Å². The van der Waals surface area contributed by atoms with Crippen LogP contribution in [0.3, 0.4) is 0 Å². The van der Waals surface area contributed by atoms with Crippen molar-refractivity contribution in [2.45, 2.75) is 20.4 Å². The number of hydrogen-bond acceptors (Lipinski definition) is 4. The minimum absolute atomic E-state index is 0.246. The molecule has 7 heteroatoms. The van der Waals surface area contributed by atoms with Crippen LogP contribution in [0.15, 0.2) is 54.7 Å². The van der Waals surface area contributed by atoms with Crippen molar-refractivity contribution in [2.24, 2.45) is 0 Å². The number of aromatic nitrogens is 2. The van der Waals surface area contributed by atoms with Gasteiger partial charge in [-0.05, 0) is 67.4 Å². The summed E-state index contributed by atoms with van der Waals surface area (Å²) in [5, 5.41) is 1.39. The molecular weight excluding hydrogens is 425 g/mol. The summed E-state index contributed by atoms with van der Waals surface area (Å²) in [5.74, 6) is -0.246. The maximum Gasteiger partial charge on any atom is 0.261 e. The Labute approximate surface area is 182 Å². The molecule has 0 aliphatic rings. The van der Waals surface area contributed by atoms with Crippen molar-refractivity contribution in [1.29, 1.82) is 0 Å². The second-order valence-electron chi connectivity index (χ2n) is 6.74. The minimum atomic E-state index is -0.246. The van der Waals surface area contributed by atoms with Crippen molar-refractivity contribution in [3.8, 4) is 0 Å². The van der Waals surface area contributed by atoms with Gasteiger partial charge in [0.2, 0.25) is 0 Å².